The van der Waals surface area contributed by atoms with Crippen LogP contribution >= 0.6 is 0 Å². The third-order valence-electron chi connectivity index (χ3n) is 4.39. The Bertz CT molecular complexity index is 626. The minimum atomic E-state index is 0.219. The Morgan fingerprint density at radius 2 is 1.36 bits per heavy atom. The molecule has 0 unspecified atom stereocenters. The molecule has 0 N–H and O–H groups in total. The molecule has 0 aliphatic carbocycles. The highest BCUT2D eigenvalue weighted by Crippen LogP contribution is 2.23. The Morgan fingerprint density at radius 3 is 1.96 bits per heavy atom. The molecule has 2 rings (SSSR count). The van der Waals surface area contributed by atoms with Crippen LogP contribution < -0.4 is 4.74 Å². The van der Waals surface area contributed by atoms with Gasteiger partial charge in [-0.15, -0.1) is 0 Å². The van der Waals surface area contributed by atoms with Crippen molar-refractivity contribution in [1.82, 2.24) is 0 Å². The molecule has 0 bridgehead atoms. The summed E-state index contributed by atoms with van der Waals surface area (Å²) < 4.78 is 5.81. The SMILES string of the molecule is CCCCCCCOc1ccc(-c2ccc(C(=O)CCC)cc2)cc1. The van der Waals surface area contributed by atoms with E-state index in [2.05, 4.69) is 19.1 Å². The van der Waals surface area contributed by atoms with Crippen LogP contribution in [0.3, 0.4) is 0 Å². The normalized spacial score (nSPS) is 10.6. The average Bonchev–Trinajstić information content (AvgIpc) is 2.65. The lowest BCUT2D eigenvalue weighted by atomic mass is 10.0. The zero-order chi connectivity index (χ0) is 17.9. The van der Waals surface area contributed by atoms with Gasteiger partial charge < -0.3 is 4.74 Å². The first kappa shape index (κ1) is 19.2. The van der Waals surface area contributed by atoms with Crippen molar-refractivity contribution in [3.8, 4) is 16.9 Å². The van der Waals surface area contributed by atoms with Gasteiger partial charge in [0.05, 0.1) is 6.61 Å². The number of carbonyl (C=O) groups is 1. The van der Waals surface area contributed by atoms with E-state index in [4.69, 9.17) is 4.74 Å². The van der Waals surface area contributed by atoms with Gasteiger partial charge in [0.1, 0.15) is 5.75 Å². The molecule has 0 atom stereocenters. The van der Waals surface area contributed by atoms with Crippen LogP contribution in [0, 0.1) is 0 Å². The lowest BCUT2D eigenvalue weighted by Crippen LogP contribution is -1.98. The standard InChI is InChI=1S/C23H30O2/c1-3-5-6-7-8-18-25-22-16-14-20(15-17-22)19-10-12-21(13-11-19)23(24)9-4-2/h10-17H,3-9,18H2,1-2H3. The van der Waals surface area contributed by atoms with Crippen LogP contribution in [0.1, 0.15) is 69.2 Å². The largest absolute Gasteiger partial charge is 0.494 e. The fourth-order valence-corrected chi connectivity index (χ4v) is 2.86. The van der Waals surface area contributed by atoms with E-state index in [0.29, 0.717) is 6.42 Å². The fraction of sp³-hybridized carbons (Fsp3) is 0.435. The molecule has 0 aliphatic heterocycles. The molecule has 2 aromatic rings. The van der Waals surface area contributed by atoms with E-state index < -0.39 is 0 Å². The van der Waals surface area contributed by atoms with E-state index in [-0.39, 0.29) is 5.78 Å². The summed E-state index contributed by atoms with van der Waals surface area (Å²) in [5.41, 5.74) is 3.07. The first-order valence-corrected chi connectivity index (χ1v) is 9.61. The smallest absolute Gasteiger partial charge is 0.162 e. The highest BCUT2D eigenvalue weighted by atomic mass is 16.5. The molecule has 0 aliphatic rings. The predicted octanol–water partition coefficient (Wildman–Crippen LogP) is 6.69. The molecule has 0 aromatic heterocycles. The van der Waals surface area contributed by atoms with Crippen molar-refractivity contribution >= 4 is 5.78 Å². The third-order valence-corrected chi connectivity index (χ3v) is 4.39. The second kappa shape index (κ2) is 10.7. The molecule has 25 heavy (non-hydrogen) atoms. The summed E-state index contributed by atoms with van der Waals surface area (Å²) >= 11 is 0. The van der Waals surface area contributed by atoms with Crippen molar-refractivity contribution in [3.05, 3.63) is 54.1 Å². The summed E-state index contributed by atoms with van der Waals surface area (Å²) in [7, 11) is 0. The molecule has 134 valence electrons. The van der Waals surface area contributed by atoms with Crippen molar-refractivity contribution in [2.75, 3.05) is 6.61 Å². The zero-order valence-electron chi connectivity index (χ0n) is 15.6. The lowest BCUT2D eigenvalue weighted by Gasteiger charge is -2.08. The molecule has 2 heteroatoms. The zero-order valence-corrected chi connectivity index (χ0v) is 15.6. The number of Topliss-reactive ketones (excluding diaryl/α,β-unsaturated/α-hetero) is 1. The van der Waals surface area contributed by atoms with Crippen molar-refractivity contribution in [3.63, 3.8) is 0 Å². The first-order valence-electron chi connectivity index (χ1n) is 9.61. The lowest BCUT2D eigenvalue weighted by molar-refractivity contribution is 0.0982. The molecular weight excluding hydrogens is 308 g/mol. The van der Waals surface area contributed by atoms with Crippen molar-refractivity contribution in [2.24, 2.45) is 0 Å². The van der Waals surface area contributed by atoms with Crippen LogP contribution in [-0.4, -0.2) is 12.4 Å². The van der Waals surface area contributed by atoms with Crippen LogP contribution in [0.15, 0.2) is 48.5 Å². The Balaban J connectivity index is 1.86. The highest BCUT2D eigenvalue weighted by Gasteiger charge is 2.05. The average molecular weight is 338 g/mol. The summed E-state index contributed by atoms with van der Waals surface area (Å²) in [6.45, 7) is 5.05. The minimum absolute atomic E-state index is 0.219. The Kier molecular flexibility index (Phi) is 8.24. The number of hydrogen-bond acceptors (Lipinski definition) is 2. The molecule has 0 radical (unpaired) electrons. The predicted molar refractivity (Wildman–Crippen MR) is 105 cm³/mol. The Morgan fingerprint density at radius 1 is 0.760 bits per heavy atom. The van der Waals surface area contributed by atoms with E-state index in [0.717, 1.165) is 41.9 Å². The van der Waals surface area contributed by atoms with Crippen molar-refractivity contribution in [1.29, 1.82) is 0 Å². The van der Waals surface area contributed by atoms with Crippen LogP contribution in [-0.2, 0) is 0 Å². The van der Waals surface area contributed by atoms with Gasteiger partial charge in [0.25, 0.3) is 0 Å². The number of hydrogen-bond donors (Lipinski definition) is 0. The molecule has 0 spiro atoms. The molecule has 2 nitrogen and oxygen atoms in total. The quantitative estimate of drug-likeness (QED) is 0.337. The summed E-state index contributed by atoms with van der Waals surface area (Å²) in [6.07, 6.45) is 7.76. The van der Waals surface area contributed by atoms with E-state index in [1.807, 2.05) is 43.3 Å². The number of unbranched alkanes of at least 4 members (excludes halogenated alkanes) is 4. The van der Waals surface area contributed by atoms with Gasteiger partial charge in [-0.3, -0.25) is 4.79 Å². The van der Waals surface area contributed by atoms with Crippen molar-refractivity contribution in [2.45, 2.75) is 58.8 Å². The summed E-state index contributed by atoms with van der Waals surface area (Å²) in [4.78, 5) is 11.9. The second-order valence-electron chi connectivity index (χ2n) is 6.54. The molecule has 0 heterocycles. The maximum atomic E-state index is 11.9. The van der Waals surface area contributed by atoms with Crippen LogP contribution in [0.25, 0.3) is 11.1 Å². The number of rotatable bonds is 11. The summed E-state index contributed by atoms with van der Waals surface area (Å²) in [5.74, 6) is 1.14. The van der Waals surface area contributed by atoms with Gasteiger partial charge in [-0.25, -0.2) is 0 Å². The van der Waals surface area contributed by atoms with Gasteiger partial charge >= 0.3 is 0 Å². The topological polar surface area (TPSA) is 26.3 Å². The van der Waals surface area contributed by atoms with E-state index in [9.17, 15) is 4.79 Å². The minimum Gasteiger partial charge on any atom is -0.494 e. The third kappa shape index (κ3) is 6.38. The monoisotopic (exact) mass is 338 g/mol. The first-order chi connectivity index (χ1) is 12.2. The maximum absolute atomic E-state index is 11.9. The van der Waals surface area contributed by atoms with E-state index >= 15 is 0 Å². The Hall–Kier alpha value is -2.09. The summed E-state index contributed by atoms with van der Waals surface area (Å²) in [6, 6.07) is 16.1. The number of benzene rings is 2. The van der Waals surface area contributed by atoms with Crippen LogP contribution in [0.2, 0.25) is 0 Å². The van der Waals surface area contributed by atoms with Gasteiger partial charge in [0, 0.05) is 12.0 Å². The number of ketones is 1. The van der Waals surface area contributed by atoms with Gasteiger partial charge in [-0.05, 0) is 36.1 Å². The van der Waals surface area contributed by atoms with Gasteiger partial charge in [-0.1, -0.05) is 75.9 Å². The molecule has 0 amide bonds. The molecular formula is C23H30O2. The van der Waals surface area contributed by atoms with E-state index in [1.165, 1.54) is 25.7 Å². The molecule has 0 saturated carbocycles. The van der Waals surface area contributed by atoms with Gasteiger partial charge in [0.15, 0.2) is 5.78 Å². The molecule has 2 aromatic carbocycles. The number of ether oxygens (including phenoxy) is 1. The highest BCUT2D eigenvalue weighted by molar-refractivity contribution is 5.96. The molecule has 0 saturated heterocycles. The fourth-order valence-electron chi connectivity index (χ4n) is 2.86. The van der Waals surface area contributed by atoms with Crippen molar-refractivity contribution < 1.29 is 9.53 Å². The Labute approximate surface area is 152 Å². The molecule has 0 fully saturated rings. The number of carbonyl (C=O) groups excluding carboxylic acids is 1. The van der Waals surface area contributed by atoms with Gasteiger partial charge in [-0.2, -0.15) is 0 Å². The second-order valence-corrected chi connectivity index (χ2v) is 6.54. The van der Waals surface area contributed by atoms with Gasteiger partial charge in [0.2, 0.25) is 0 Å². The van der Waals surface area contributed by atoms with Crippen LogP contribution in [0.5, 0.6) is 5.75 Å². The van der Waals surface area contributed by atoms with E-state index in [1.54, 1.807) is 0 Å². The summed E-state index contributed by atoms with van der Waals surface area (Å²) in [5, 5.41) is 0. The maximum Gasteiger partial charge on any atom is 0.162 e. The van der Waals surface area contributed by atoms with Crippen LogP contribution in [0.4, 0.5) is 0 Å².